The fourth-order valence-corrected chi connectivity index (χ4v) is 2.03. The molecule has 0 spiro atoms. The van der Waals surface area contributed by atoms with E-state index in [9.17, 15) is 4.79 Å². The molecule has 8 nitrogen and oxygen atoms in total. The largest absolute Gasteiger partial charge is 0.346 e. The molecular weight excluding hydrogens is 258 g/mol. The Kier molecular flexibility index (Phi) is 4.80. The highest BCUT2D eigenvalue weighted by atomic mass is 16.1. The van der Waals surface area contributed by atoms with Gasteiger partial charge in [-0.1, -0.05) is 13.3 Å². The van der Waals surface area contributed by atoms with Gasteiger partial charge in [0.1, 0.15) is 12.2 Å². The van der Waals surface area contributed by atoms with Gasteiger partial charge in [-0.05, 0) is 16.8 Å². The second kappa shape index (κ2) is 6.78. The van der Waals surface area contributed by atoms with Gasteiger partial charge in [-0.3, -0.25) is 4.79 Å². The van der Waals surface area contributed by atoms with E-state index in [0.717, 1.165) is 18.7 Å². The van der Waals surface area contributed by atoms with Gasteiger partial charge in [0.05, 0.1) is 12.6 Å². The summed E-state index contributed by atoms with van der Waals surface area (Å²) < 4.78 is 3.47. The lowest BCUT2D eigenvalue weighted by Crippen LogP contribution is -2.30. The van der Waals surface area contributed by atoms with Crippen LogP contribution in [0.3, 0.4) is 0 Å². The van der Waals surface area contributed by atoms with Crippen molar-refractivity contribution in [1.82, 2.24) is 35.1 Å². The lowest BCUT2D eigenvalue weighted by atomic mass is 10.1. The molecule has 20 heavy (non-hydrogen) atoms. The minimum Gasteiger partial charge on any atom is -0.346 e. The van der Waals surface area contributed by atoms with Crippen LogP contribution in [0.5, 0.6) is 0 Å². The zero-order chi connectivity index (χ0) is 14.4. The third-order valence-electron chi connectivity index (χ3n) is 3.04. The van der Waals surface area contributed by atoms with E-state index < -0.39 is 0 Å². The molecule has 0 unspecified atom stereocenters. The van der Waals surface area contributed by atoms with Crippen molar-refractivity contribution < 1.29 is 4.79 Å². The van der Waals surface area contributed by atoms with Gasteiger partial charge in [-0.25, -0.2) is 9.67 Å². The Morgan fingerprint density at radius 2 is 2.35 bits per heavy atom. The zero-order valence-electron chi connectivity index (χ0n) is 11.7. The molecule has 0 aliphatic carbocycles. The molecule has 1 atom stereocenters. The number of aryl methyl sites for hydroxylation is 2. The summed E-state index contributed by atoms with van der Waals surface area (Å²) in [5.41, 5.74) is 0. The van der Waals surface area contributed by atoms with E-state index in [0.29, 0.717) is 13.0 Å². The Hall–Kier alpha value is -2.25. The topological polar surface area (TPSA) is 90.5 Å². The number of hydrogen-bond donors (Lipinski definition) is 1. The van der Waals surface area contributed by atoms with E-state index in [1.54, 1.807) is 6.20 Å². The average molecular weight is 277 g/mol. The van der Waals surface area contributed by atoms with Gasteiger partial charge in [0.15, 0.2) is 0 Å². The number of hydrogen-bond acceptors (Lipinski definition) is 5. The number of imidazole rings is 1. The van der Waals surface area contributed by atoms with Gasteiger partial charge < -0.3 is 9.88 Å². The van der Waals surface area contributed by atoms with Crippen LogP contribution in [0.1, 0.15) is 38.1 Å². The van der Waals surface area contributed by atoms with E-state index in [1.165, 1.54) is 11.0 Å². The number of tetrazole rings is 1. The van der Waals surface area contributed by atoms with Crippen LogP contribution in [0.2, 0.25) is 0 Å². The van der Waals surface area contributed by atoms with Crippen LogP contribution in [0.15, 0.2) is 18.7 Å². The van der Waals surface area contributed by atoms with Gasteiger partial charge in [-0.15, -0.1) is 5.10 Å². The molecular formula is C12H19N7O. The highest BCUT2D eigenvalue weighted by Crippen LogP contribution is 2.16. The molecule has 8 heteroatoms. The van der Waals surface area contributed by atoms with Crippen LogP contribution in [-0.4, -0.2) is 35.7 Å². The first-order chi connectivity index (χ1) is 9.70. The monoisotopic (exact) mass is 277 g/mol. The summed E-state index contributed by atoms with van der Waals surface area (Å²) in [6, 6.07) is -0.0543. The number of amides is 1. The number of carbonyl (C=O) groups is 1. The number of aromatic nitrogens is 6. The third kappa shape index (κ3) is 3.62. The Morgan fingerprint density at radius 3 is 2.95 bits per heavy atom. The van der Waals surface area contributed by atoms with Gasteiger partial charge in [0.2, 0.25) is 5.91 Å². The van der Waals surface area contributed by atoms with Gasteiger partial charge in [0, 0.05) is 25.9 Å². The molecule has 0 saturated carbocycles. The third-order valence-corrected chi connectivity index (χ3v) is 3.04. The summed E-state index contributed by atoms with van der Waals surface area (Å²) in [5, 5.41) is 13.8. The number of nitrogens with zero attached hydrogens (tertiary/aromatic N) is 6. The normalized spacial score (nSPS) is 12.3. The van der Waals surface area contributed by atoms with Crippen molar-refractivity contribution in [3.05, 3.63) is 24.5 Å². The highest BCUT2D eigenvalue weighted by Gasteiger charge is 2.17. The van der Waals surface area contributed by atoms with E-state index >= 15 is 0 Å². The first-order valence-electron chi connectivity index (χ1n) is 6.68. The number of nitrogens with one attached hydrogen (secondary N) is 1. The molecule has 2 aromatic rings. The van der Waals surface area contributed by atoms with E-state index in [1.807, 2.05) is 17.8 Å². The predicted octanol–water partition coefficient (Wildman–Crippen LogP) is 0.454. The van der Waals surface area contributed by atoms with Crippen molar-refractivity contribution in [3.8, 4) is 0 Å². The van der Waals surface area contributed by atoms with Gasteiger partial charge >= 0.3 is 0 Å². The average Bonchev–Trinajstić information content (AvgIpc) is 3.07. The summed E-state index contributed by atoms with van der Waals surface area (Å²) >= 11 is 0. The first kappa shape index (κ1) is 14.2. The minimum absolute atomic E-state index is 0.0260. The van der Waals surface area contributed by atoms with Crippen molar-refractivity contribution >= 4 is 5.91 Å². The molecule has 0 aliphatic heterocycles. The molecule has 1 N–H and O–H groups in total. The van der Waals surface area contributed by atoms with Gasteiger partial charge in [-0.2, -0.15) is 0 Å². The quantitative estimate of drug-likeness (QED) is 0.793. The fourth-order valence-electron chi connectivity index (χ4n) is 2.03. The SMILES string of the molecule is CCC[C@@H](NC(=O)CCn1cnnn1)c1nccn1C. The van der Waals surface area contributed by atoms with Crippen molar-refractivity contribution in [2.45, 2.75) is 38.8 Å². The molecule has 0 radical (unpaired) electrons. The maximum atomic E-state index is 12.0. The minimum atomic E-state index is -0.0543. The van der Waals surface area contributed by atoms with E-state index in [-0.39, 0.29) is 11.9 Å². The molecule has 0 bridgehead atoms. The van der Waals surface area contributed by atoms with Crippen molar-refractivity contribution in [3.63, 3.8) is 0 Å². The lowest BCUT2D eigenvalue weighted by molar-refractivity contribution is -0.122. The molecule has 0 fully saturated rings. The zero-order valence-corrected chi connectivity index (χ0v) is 11.7. The summed E-state index contributed by atoms with van der Waals surface area (Å²) in [4.78, 5) is 16.3. The smallest absolute Gasteiger partial charge is 0.222 e. The lowest BCUT2D eigenvalue weighted by Gasteiger charge is -2.17. The second-order valence-electron chi connectivity index (χ2n) is 4.63. The summed E-state index contributed by atoms with van der Waals surface area (Å²) in [6.45, 7) is 2.56. The maximum Gasteiger partial charge on any atom is 0.222 e. The standard InChI is InChI=1S/C12H19N7O/c1-3-4-10(12-13-6-8-18(12)2)15-11(20)5-7-19-9-14-16-17-19/h6,8-10H,3-5,7H2,1-2H3,(H,15,20)/t10-/m1/s1. The molecule has 108 valence electrons. The van der Waals surface area contributed by atoms with Crippen molar-refractivity contribution in [2.24, 2.45) is 7.05 Å². The molecule has 2 rings (SSSR count). The molecule has 2 aromatic heterocycles. The molecule has 0 aliphatic rings. The van der Waals surface area contributed by atoms with Crippen LogP contribution in [0, 0.1) is 0 Å². The first-order valence-corrected chi connectivity index (χ1v) is 6.68. The molecule has 0 saturated heterocycles. The van der Waals surface area contributed by atoms with E-state index in [4.69, 9.17) is 0 Å². The van der Waals surface area contributed by atoms with Crippen LogP contribution in [0.25, 0.3) is 0 Å². The Bertz CT molecular complexity index is 534. The van der Waals surface area contributed by atoms with Crippen LogP contribution in [0.4, 0.5) is 0 Å². The highest BCUT2D eigenvalue weighted by molar-refractivity contribution is 5.76. The van der Waals surface area contributed by atoms with Crippen molar-refractivity contribution in [2.75, 3.05) is 0 Å². The van der Waals surface area contributed by atoms with Crippen LogP contribution >= 0.6 is 0 Å². The van der Waals surface area contributed by atoms with Crippen LogP contribution < -0.4 is 5.32 Å². The van der Waals surface area contributed by atoms with E-state index in [2.05, 4.69) is 32.7 Å². The van der Waals surface area contributed by atoms with Crippen LogP contribution in [-0.2, 0) is 18.4 Å². The Morgan fingerprint density at radius 1 is 1.50 bits per heavy atom. The Balaban J connectivity index is 1.91. The summed E-state index contributed by atoms with van der Waals surface area (Å²) in [5.74, 6) is 0.851. The van der Waals surface area contributed by atoms with Gasteiger partial charge in [0.25, 0.3) is 0 Å². The maximum absolute atomic E-state index is 12.0. The second-order valence-corrected chi connectivity index (χ2v) is 4.63. The summed E-state index contributed by atoms with van der Waals surface area (Å²) in [6.07, 6.45) is 7.30. The molecule has 0 aromatic carbocycles. The van der Waals surface area contributed by atoms with Crippen molar-refractivity contribution in [1.29, 1.82) is 0 Å². The fraction of sp³-hybridized carbons (Fsp3) is 0.583. The number of rotatable bonds is 7. The molecule has 1 amide bonds. The molecule has 2 heterocycles. The predicted molar refractivity (Wildman–Crippen MR) is 71.4 cm³/mol. The summed E-state index contributed by atoms with van der Waals surface area (Å²) in [7, 11) is 1.93. The Labute approximate surface area is 117 Å². The number of carbonyl (C=O) groups excluding carboxylic acids is 1.